The SMILES string of the molecule is CCc1cccc(OCC(O)Cn2c(NCCN(C)C)nc3c2c(=O)[nH]c(=O)n3C)c1. The number of imidazole rings is 1. The van der Waals surface area contributed by atoms with Gasteiger partial charge in [-0.25, -0.2) is 4.79 Å². The van der Waals surface area contributed by atoms with Crippen LogP contribution < -0.4 is 21.3 Å². The number of aliphatic hydroxyl groups is 1. The molecule has 2 heterocycles. The number of anilines is 1. The van der Waals surface area contributed by atoms with Crippen molar-refractivity contribution in [3.8, 4) is 5.75 Å². The second kappa shape index (κ2) is 9.80. The zero-order valence-electron chi connectivity index (χ0n) is 18.4. The van der Waals surface area contributed by atoms with E-state index in [-0.39, 0.29) is 24.3 Å². The molecule has 168 valence electrons. The fourth-order valence-corrected chi connectivity index (χ4v) is 3.25. The van der Waals surface area contributed by atoms with E-state index in [1.54, 1.807) is 11.6 Å². The Balaban J connectivity index is 1.85. The summed E-state index contributed by atoms with van der Waals surface area (Å²) in [5.74, 6) is 1.09. The summed E-state index contributed by atoms with van der Waals surface area (Å²) in [6, 6.07) is 7.71. The first-order chi connectivity index (χ1) is 14.8. The molecule has 1 unspecified atom stereocenters. The van der Waals surface area contributed by atoms with Gasteiger partial charge >= 0.3 is 5.69 Å². The second-order valence-electron chi connectivity index (χ2n) is 7.73. The van der Waals surface area contributed by atoms with Crippen LogP contribution >= 0.6 is 0 Å². The van der Waals surface area contributed by atoms with Gasteiger partial charge in [0.15, 0.2) is 11.2 Å². The fraction of sp³-hybridized carbons (Fsp3) is 0.476. The summed E-state index contributed by atoms with van der Waals surface area (Å²) in [7, 11) is 5.45. The lowest BCUT2D eigenvalue weighted by atomic mass is 10.2. The number of rotatable bonds is 10. The molecular formula is C21H30N6O4. The summed E-state index contributed by atoms with van der Waals surface area (Å²) in [5.41, 5.74) is 0.537. The van der Waals surface area contributed by atoms with Crippen molar-refractivity contribution in [2.45, 2.75) is 26.0 Å². The van der Waals surface area contributed by atoms with Gasteiger partial charge in [0, 0.05) is 20.1 Å². The van der Waals surface area contributed by atoms with Crippen molar-refractivity contribution in [1.82, 2.24) is 24.0 Å². The van der Waals surface area contributed by atoms with Gasteiger partial charge in [-0.05, 0) is 38.2 Å². The molecule has 0 bridgehead atoms. The number of fused-ring (bicyclic) bond motifs is 1. The largest absolute Gasteiger partial charge is 0.491 e. The van der Waals surface area contributed by atoms with Gasteiger partial charge in [-0.2, -0.15) is 4.98 Å². The number of hydrogen-bond donors (Lipinski definition) is 3. The van der Waals surface area contributed by atoms with Crippen LogP contribution in [0.1, 0.15) is 12.5 Å². The molecule has 3 rings (SSSR count). The Kier molecular flexibility index (Phi) is 7.13. The molecule has 2 aromatic heterocycles. The number of H-pyrrole nitrogens is 1. The molecular weight excluding hydrogens is 400 g/mol. The normalized spacial score (nSPS) is 12.5. The van der Waals surface area contributed by atoms with E-state index in [1.165, 1.54) is 4.57 Å². The molecule has 31 heavy (non-hydrogen) atoms. The number of nitrogens with zero attached hydrogens (tertiary/aromatic N) is 4. The Bertz CT molecular complexity index is 1150. The number of benzene rings is 1. The highest BCUT2D eigenvalue weighted by Gasteiger charge is 2.20. The minimum atomic E-state index is -0.895. The zero-order chi connectivity index (χ0) is 22.5. The van der Waals surface area contributed by atoms with Crippen LogP contribution in [0.25, 0.3) is 11.2 Å². The predicted molar refractivity (Wildman–Crippen MR) is 120 cm³/mol. The van der Waals surface area contributed by atoms with E-state index < -0.39 is 17.4 Å². The van der Waals surface area contributed by atoms with Crippen LogP contribution in [0.5, 0.6) is 5.75 Å². The van der Waals surface area contributed by atoms with Gasteiger partial charge in [0.25, 0.3) is 5.56 Å². The monoisotopic (exact) mass is 430 g/mol. The second-order valence-corrected chi connectivity index (χ2v) is 7.73. The molecule has 3 aromatic rings. The first-order valence-corrected chi connectivity index (χ1v) is 10.3. The highest BCUT2D eigenvalue weighted by Crippen LogP contribution is 2.17. The molecule has 0 amide bonds. The zero-order valence-corrected chi connectivity index (χ0v) is 18.4. The molecule has 1 atom stereocenters. The third-order valence-corrected chi connectivity index (χ3v) is 4.99. The van der Waals surface area contributed by atoms with E-state index >= 15 is 0 Å². The Labute approximate surface area is 180 Å². The highest BCUT2D eigenvalue weighted by atomic mass is 16.5. The van der Waals surface area contributed by atoms with Crippen molar-refractivity contribution in [3.63, 3.8) is 0 Å². The molecule has 0 aliphatic rings. The Morgan fingerprint density at radius 2 is 2.10 bits per heavy atom. The number of aromatic amines is 1. The quantitative estimate of drug-likeness (QED) is 0.426. The lowest BCUT2D eigenvalue weighted by molar-refractivity contribution is 0.0938. The number of likely N-dealkylation sites (N-methyl/N-ethyl adjacent to an activating group) is 1. The smallest absolute Gasteiger partial charge is 0.329 e. The van der Waals surface area contributed by atoms with E-state index in [1.807, 2.05) is 43.3 Å². The molecule has 0 aliphatic carbocycles. The van der Waals surface area contributed by atoms with E-state index in [9.17, 15) is 14.7 Å². The Morgan fingerprint density at radius 1 is 1.32 bits per heavy atom. The maximum atomic E-state index is 12.5. The van der Waals surface area contributed by atoms with Gasteiger partial charge in [-0.3, -0.25) is 14.3 Å². The van der Waals surface area contributed by atoms with Crippen LogP contribution in [0.2, 0.25) is 0 Å². The topological polar surface area (TPSA) is 117 Å². The molecule has 0 saturated heterocycles. The third kappa shape index (κ3) is 5.33. The minimum Gasteiger partial charge on any atom is -0.491 e. The van der Waals surface area contributed by atoms with Gasteiger partial charge < -0.3 is 24.6 Å². The molecule has 0 fully saturated rings. The van der Waals surface area contributed by atoms with Crippen LogP contribution in [-0.4, -0.2) is 69.0 Å². The number of hydrogen-bond acceptors (Lipinski definition) is 7. The van der Waals surface area contributed by atoms with Crippen molar-refractivity contribution in [1.29, 1.82) is 0 Å². The molecule has 0 spiro atoms. The number of nitrogens with one attached hydrogen (secondary N) is 2. The number of aromatic nitrogens is 4. The van der Waals surface area contributed by atoms with Crippen LogP contribution in [0, 0.1) is 0 Å². The van der Waals surface area contributed by atoms with Crippen molar-refractivity contribution in [2.24, 2.45) is 7.05 Å². The molecule has 10 nitrogen and oxygen atoms in total. The van der Waals surface area contributed by atoms with Gasteiger partial charge in [-0.15, -0.1) is 0 Å². The van der Waals surface area contributed by atoms with E-state index in [0.29, 0.717) is 18.2 Å². The van der Waals surface area contributed by atoms with Crippen molar-refractivity contribution >= 4 is 17.1 Å². The molecule has 0 aliphatic heterocycles. The summed E-state index contributed by atoms with van der Waals surface area (Å²) in [6.07, 6.45) is -0.00160. The first kappa shape index (κ1) is 22.6. The van der Waals surface area contributed by atoms with Gasteiger partial charge in [0.2, 0.25) is 5.95 Å². The first-order valence-electron chi connectivity index (χ1n) is 10.3. The summed E-state index contributed by atoms with van der Waals surface area (Å²) in [5, 5.41) is 13.8. The van der Waals surface area contributed by atoms with Crippen LogP contribution in [0.15, 0.2) is 33.9 Å². The molecule has 10 heteroatoms. The molecule has 0 saturated carbocycles. The number of aryl methyl sites for hydroxylation is 2. The van der Waals surface area contributed by atoms with Crippen LogP contribution in [0.3, 0.4) is 0 Å². The minimum absolute atomic E-state index is 0.0493. The van der Waals surface area contributed by atoms with Crippen LogP contribution in [-0.2, 0) is 20.0 Å². The average Bonchev–Trinajstić information content (AvgIpc) is 3.09. The lowest BCUT2D eigenvalue weighted by Crippen LogP contribution is -2.31. The number of aliphatic hydroxyl groups excluding tert-OH is 1. The van der Waals surface area contributed by atoms with Gasteiger partial charge in [0.05, 0.1) is 6.54 Å². The summed E-state index contributed by atoms with van der Waals surface area (Å²) in [6.45, 7) is 3.52. The van der Waals surface area contributed by atoms with E-state index in [2.05, 4.69) is 22.2 Å². The van der Waals surface area contributed by atoms with Crippen molar-refractivity contribution < 1.29 is 9.84 Å². The standard InChI is InChI=1S/C21H30N6O4/c1-5-14-7-6-8-16(11-14)31-13-15(28)12-27-17-18(26(4)21(30)24-19(17)29)23-20(27)22-9-10-25(2)3/h6-8,11,15,28H,5,9-10,12-13H2,1-4H3,(H,22,23)(H,24,29,30). The maximum Gasteiger partial charge on any atom is 0.329 e. The molecule has 0 radical (unpaired) electrons. The van der Waals surface area contributed by atoms with Crippen molar-refractivity contribution in [3.05, 3.63) is 50.7 Å². The van der Waals surface area contributed by atoms with E-state index in [0.717, 1.165) is 18.5 Å². The summed E-state index contributed by atoms with van der Waals surface area (Å²) < 4.78 is 8.62. The Hall–Kier alpha value is -3.11. The maximum absolute atomic E-state index is 12.5. The highest BCUT2D eigenvalue weighted by molar-refractivity contribution is 5.74. The van der Waals surface area contributed by atoms with E-state index in [4.69, 9.17) is 4.74 Å². The third-order valence-electron chi connectivity index (χ3n) is 4.99. The number of ether oxygens (including phenoxy) is 1. The van der Waals surface area contributed by atoms with Gasteiger partial charge in [-0.1, -0.05) is 19.1 Å². The summed E-state index contributed by atoms with van der Waals surface area (Å²) in [4.78, 5) is 33.2. The lowest BCUT2D eigenvalue weighted by Gasteiger charge is -2.17. The van der Waals surface area contributed by atoms with Crippen molar-refractivity contribution in [2.75, 3.05) is 39.1 Å². The predicted octanol–water partition coefficient (Wildman–Crippen LogP) is 0.399. The molecule has 3 N–H and O–H groups in total. The Morgan fingerprint density at radius 3 is 2.81 bits per heavy atom. The average molecular weight is 431 g/mol. The fourth-order valence-electron chi connectivity index (χ4n) is 3.25. The van der Waals surface area contributed by atoms with Gasteiger partial charge in [0.1, 0.15) is 18.5 Å². The summed E-state index contributed by atoms with van der Waals surface area (Å²) >= 11 is 0. The van der Waals surface area contributed by atoms with Crippen LogP contribution in [0.4, 0.5) is 5.95 Å². The molecule has 1 aromatic carbocycles.